The van der Waals surface area contributed by atoms with Crippen LogP contribution in [0.15, 0.2) is 58.0 Å². The Morgan fingerprint density at radius 3 is 2.82 bits per heavy atom. The first-order chi connectivity index (χ1) is 16.1. The van der Waals surface area contributed by atoms with Gasteiger partial charge in [-0.25, -0.2) is 9.98 Å². The minimum Gasteiger partial charge on any atom is -0.396 e. The number of nitrogens with zero attached hydrogens (tertiary/aromatic N) is 3. The largest absolute Gasteiger partial charge is 0.396 e. The molecule has 1 aromatic carbocycles. The summed E-state index contributed by atoms with van der Waals surface area (Å²) in [4.78, 5) is 13.0. The molecule has 1 aliphatic rings. The van der Waals surface area contributed by atoms with E-state index in [0.717, 1.165) is 76.2 Å². The van der Waals surface area contributed by atoms with Crippen LogP contribution < -0.4 is 11.1 Å². The maximum Gasteiger partial charge on any atom is 0.149 e. The summed E-state index contributed by atoms with van der Waals surface area (Å²) in [5, 5.41) is 14.5. The number of hydrogen-bond acceptors (Lipinski definition) is 7. The lowest BCUT2D eigenvalue weighted by molar-refractivity contribution is 0.283. The van der Waals surface area contributed by atoms with Gasteiger partial charge in [-0.15, -0.1) is 11.3 Å². The molecule has 0 saturated carbocycles. The fraction of sp³-hybridized carbons (Fsp3) is 0.462. The summed E-state index contributed by atoms with van der Waals surface area (Å²) < 4.78 is 0. The molecule has 1 aromatic heterocycles. The first-order valence-electron chi connectivity index (χ1n) is 11.9. The SMILES string of the molecule is C=C1N=C(CCCC)N(Cc2cccc(CNCCCCCO)c2)Cc2sccc2N=C1N. The van der Waals surface area contributed by atoms with Crippen LogP contribution in [0.3, 0.4) is 0 Å². The molecule has 178 valence electrons. The highest BCUT2D eigenvalue weighted by molar-refractivity contribution is 7.10. The summed E-state index contributed by atoms with van der Waals surface area (Å²) in [5.74, 6) is 1.41. The zero-order chi connectivity index (χ0) is 23.5. The smallest absolute Gasteiger partial charge is 0.149 e. The topological polar surface area (TPSA) is 86.2 Å². The van der Waals surface area contributed by atoms with Crippen LogP contribution in [-0.4, -0.2) is 34.8 Å². The fourth-order valence-corrected chi connectivity index (χ4v) is 4.65. The van der Waals surface area contributed by atoms with Crippen LogP contribution >= 0.6 is 11.3 Å². The van der Waals surface area contributed by atoms with Crippen molar-refractivity contribution < 1.29 is 5.11 Å². The van der Waals surface area contributed by atoms with Crippen molar-refractivity contribution in [1.82, 2.24) is 10.2 Å². The second-order valence-electron chi connectivity index (χ2n) is 8.44. The van der Waals surface area contributed by atoms with Crippen molar-refractivity contribution >= 4 is 28.7 Å². The van der Waals surface area contributed by atoms with E-state index in [1.807, 2.05) is 6.07 Å². The Labute approximate surface area is 202 Å². The van der Waals surface area contributed by atoms with Gasteiger partial charge in [0.05, 0.1) is 17.9 Å². The van der Waals surface area contributed by atoms with Crippen LogP contribution in [0, 0.1) is 0 Å². The summed E-state index contributed by atoms with van der Waals surface area (Å²) in [7, 11) is 0. The van der Waals surface area contributed by atoms with E-state index in [4.69, 9.17) is 15.8 Å². The first-order valence-corrected chi connectivity index (χ1v) is 12.8. The number of nitrogens with two attached hydrogens (primary N) is 1. The molecule has 7 heteroatoms. The normalized spacial score (nSPS) is 14.2. The van der Waals surface area contributed by atoms with Gasteiger partial charge in [0, 0.05) is 31.0 Å². The molecule has 33 heavy (non-hydrogen) atoms. The van der Waals surface area contributed by atoms with E-state index in [1.54, 1.807) is 11.3 Å². The minimum absolute atomic E-state index is 0.279. The molecule has 0 bridgehead atoms. The van der Waals surface area contributed by atoms with Gasteiger partial charge in [-0.2, -0.15) is 0 Å². The molecule has 0 saturated heterocycles. The standard InChI is InChI=1S/C26H37N5OS/c1-3-4-11-25-29-20(2)26(27)30-23-12-15-33-24(23)19-31(25)18-22-10-8-9-21(16-22)17-28-13-6-5-7-14-32/h8-10,12,15-16,28,32H,2-7,11,13-14,17-19H2,1H3,(H2,27,30). The number of aliphatic hydroxyl groups is 1. The molecule has 0 atom stereocenters. The highest BCUT2D eigenvalue weighted by Gasteiger charge is 2.19. The average Bonchev–Trinajstić information content (AvgIpc) is 3.25. The van der Waals surface area contributed by atoms with Crippen molar-refractivity contribution in [3.05, 3.63) is 64.0 Å². The van der Waals surface area contributed by atoms with Crippen molar-refractivity contribution in [2.24, 2.45) is 15.7 Å². The molecule has 0 aliphatic carbocycles. The molecule has 0 amide bonds. The first kappa shape index (κ1) is 25.1. The molecule has 6 nitrogen and oxygen atoms in total. The van der Waals surface area contributed by atoms with Crippen LogP contribution in [0.1, 0.15) is 61.5 Å². The predicted molar refractivity (Wildman–Crippen MR) is 140 cm³/mol. The number of hydrogen-bond donors (Lipinski definition) is 3. The number of rotatable bonds is 12. The van der Waals surface area contributed by atoms with E-state index in [0.29, 0.717) is 11.5 Å². The van der Waals surface area contributed by atoms with E-state index >= 15 is 0 Å². The van der Waals surface area contributed by atoms with Gasteiger partial charge in [-0.1, -0.05) is 44.2 Å². The summed E-state index contributed by atoms with van der Waals surface area (Å²) in [6.07, 6.45) is 6.08. The van der Waals surface area contributed by atoms with Gasteiger partial charge in [0.2, 0.25) is 0 Å². The molecule has 0 unspecified atom stereocenters. The molecule has 0 spiro atoms. The molecule has 2 aromatic rings. The molecule has 0 fully saturated rings. The van der Waals surface area contributed by atoms with Gasteiger partial charge in [0.1, 0.15) is 11.7 Å². The average molecular weight is 468 g/mol. The highest BCUT2D eigenvalue weighted by atomic mass is 32.1. The maximum atomic E-state index is 8.90. The van der Waals surface area contributed by atoms with E-state index in [2.05, 4.69) is 58.4 Å². The molecular formula is C26H37N5OS. The fourth-order valence-electron chi connectivity index (χ4n) is 3.82. The van der Waals surface area contributed by atoms with Crippen LogP contribution in [-0.2, 0) is 19.6 Å². The lowest BCUT2D eigenvalue weighted by atomic mass is 10.1. The minimum atomic E-state index is 0.279. The van der Waals surface area contributed by atoms with Gasteiger partial charge in [0.25, 0.3) is 0 Å². The number of thiophene rings is 1. The Kier molecular flexibility index (Phi) is 10.1. The van der Waals surface area contributed by atoms with Gasteiger partial charge in [0.15, 0.2) is 0 Å². The number of fused-ring (bicyclic) bond motifs is 1. The summed E-state index contributed by atoms with van der Waals surface area (Å²) in [6, 6.07) is 10.8. The van der Waals surface area contributed by atoms with E-state index in [-0.39, 0.29) is 6.61 Å². The lowest BCUT2D eigenvalue weighted by Crippen LogP contribution is -2.30. The number of amidine groups is 2. The number of nitrogens with one attached hydrogen (secondary N) is 1. The molecule has 1 aliphatic heterocycles. The van der Waals surface area contributed by atoms with Crippen LogP contribution in [0.4, 0.5) is 5.69 Å². The van der Waals surface area contributed by atoms with Gasteiger partial charge in [-0.05, 0) is 54.8 Å². The number of benzene rings is 1. The second kappa shape index (κ2) is 13.3. The third-order valence-electron chi connectivity index (χ3n) is 5.68. The van der Waals surface area contributed by atoms with Gasteiger partial charge < -0.3 is 21.1 Å². The quantitative estimate of drug-likeness (QED) is 0.379. The lowest BCUT2D eigenvalue weighted by Gasteiger charge is -2.26. The van der Waals surface area contributed by atoms with Crippen molar-refractivity contribution in [2.45, 2.75) is 65.1 Å². The van der Waals surface area contributed by atoms with Gasteiger partial charge in [-0.3, -0.25) is 0 Å². The molecule has 3 rings (SSSR count). The Morgan fingerprint density at radius 1 is 1.15 bits per heavy atom. The van der Waals surface area contributed by atoms with Crippen molar-refractivity contribution in [1.29, 1.82) is 0 Å². The zero-order valence-electron chi connectivity index (χ0n) is 19.7. The Balaban J connectivity index is 1.75. The van der Waals surface area contributed by atoms with E-state index < -0.39 is 0 Å². The van der Waals surface area contributed by atoms with E-state index in [9.17, 15) is 0 Å². The monoisotopic (exact) mass is 467 g/mol. The predicted octanol–water partition coefficient (Wildman–Crippen LogP) is 5.11. The van der Waals surface area contributed by atoms with Crippen LogP contribution in [0.25, 0.3) is 0 Å². The van der Waals surface area contributed by atoms with Crippen molar-refractivity contribution in [3.8, 4) is 0 Å². The van der Waals surface area contributed by atoms with Crippen LogP contribution in [0.2, 0.25) is 0 Å². The number of unbranched alkanes of at least 4 members (excludes halogenated alkanes) is 3. The second-order valence-corrected chi connectivity index (χ2v) is 9.44. The molecular weight excluding hydrogens is 430 g/mol. The number of aliphatic hydroxyl groups excluding tert-OH is 1. The molecule has 4 N–H and O–H groups in total. The van der Waals surface area contributed by atoms with E-state index in [1.165, 1.54) is 16.0 Å². The third kappa shape index (κ3) is 7.81. The summed E-state index contributed by atoms with van der Waals surface area (Å²) in [5.41, 5.74) is 10.2. The molecule has 2 heterocycles. The Hall–Kier alpha value is -2.48. The maximum absolute atomic E-state index is 8.90. The summed E-state index contributed by atoms with van der Waals surface area (Å²) >= 11 is 1.71. The number of aliphatic imine (C=N–C) groups is 2. The molecule has 0 radical (unpaired) electrons. The van der Waals surface area contributed by atoms with Crippen molar-refractivity contribution in [2.75, 3.05) is 13.2 Å². The summed E-state index contributed by atoms with van der Waals surface area (Å²) in [6.45, 7) is 9.90. The van der Waals surface area contributed by atoms with Gasteiger partial charge >= 0.3 is 0 Å². The third-order valence-corrected chi connectivity index (χ3v) is 6.58. The Bertz CT molecular complexity index is 965. The highest BCUT2D eigenvalue weighted by Crippen LogP contribution is 2.29. The Morgan fingerprint density at radius 2 is 2.00 bits per heavy atom. The zero-order valence-corrected chi connectivity index (χ0v) is 20.5. The van der Waals surface area contributed by atoms with Crippen LogP contribution in [0.5, 0.6) is 0 Å². The van der Waals surface area contributed by atoms with Crippen molar-refractivity contribution in [3.63, 3.8) is 0 Å².